The first-order chi connectivity index (χ1) is 12.2. The van der Waals surface area contributed by atoms with Gasteiger partial charge in [0, 0.05) is 32.1 Å². The monoisotopic (exact) mass is 381 g/mol. The van der Waals surface area contributed by atoms with Crippen LogP contribution in [0.4, 0.5) is 0 Å². The minimum atomic E-state index is -3.62. The largest absolute Gasteiger partial charge is 0.381 e. The molecule has 3 heterocycles. The van der Waals surface area contributed by atoms with Crippen molar-refractivity contribution in [2.45, 2.75) is 56.5 Å². The summed E-state index contributed by atoms with van der Waals surface area (Å²) >= 11 is 0. The first-order valence-electron chi connectivity index (χ1n) is 8.62. The van der Waals surface area contributed by atoms with Gasteiger partial charge in [-0.15, -0.1) is 0 Å². The van der Waals surface area contributed by atoms with E-state index in [1.54, 1.807) is 13.0 Å². The first-order valence-corrected chi connectivity index (χ1v) is 10.2. The quantitative estimate of drug-likeness (QED) is 0.743. The summed E-state index contributed by atoms with van der Waals surface area (Å²) in [5, 5.41) is 11.3. The average Bonchev–Trinajstić information content (AvgIpc) is 3.24. The van der Waals surface area contributed by atoms with Crippen molar-refractivity contribution >= 4 is 27.0 Å². The van der Waals surface area contributed by atoms with Crippen molar-refractivity contribution in [2.75, 3.05) is 13.2 Å². The lowest BCUT2D eigenvalue weighted by molar-refractivity contribution is -0.119. The van der Waals surface area contributed by atoms with Gasteiger partial charge in [-0.2, -0.15) is 10.2 Å². The van der Waals surface area contributed by atoms with Crippen LogP contribution in [-0.2, 0) is 19.4 Å². The van der Waals surface area contributed by atoms with Crippen molar-refractivity contribution in [2.24, 2.45) is 10.2 Å². The highest BCUT2D eigenvalue weighted by atomic mass is 32.2. The number of ether oxygens (including phenoxy) is 1. The Hall–Kier alpha value is -1.87. The molecule has 1 fully saturated rings. The molecule has 0 atom stereocenters. The van der Waals surface area contributed by atoms with Gasteiger partial charge in [0.15, 0.2) is 21.4 Å². The Balaban J connectivity index is 1.66. The molecule has 0 amide bonds. The zero-order chi connectivity index (χ0) is 18.9. The summed E-state index contributed by atoms with van der Waals surface area (Å²) in [4.78, 5) is 12.8. The molecule has 26 heavy (non-hydrogen) atoms. The third-order valence-electron chi connectivity index (χ3n) is 4.95. The number of nitrogens with zero attached hydrogens (tertiary/aromatic N) is 3. The summed E-state index contributed by atoms with van der Waals surface area (Å²) in [6.45, 7) is 5.59. The second-order valence-electron chi connectivity index (χ2n) is 7.19. The fourth-order valence-electron chi connectivity index (χ4n) is 3.09. The minimum Gasteiger partial charge on any atom is -0.381 e. The lowest BCUT2D eigenvalue weighted by Gasteiger charge is -2.31. The van der Waals surface area contributed by atoms with Gasteiger partial charge in [0.25, 0.3) is 0 Å². The molecule has 0 aromatic carbocycles. The van der Waals surface area contributed by atoms with Gasteiger partial charge in [-0.25, -0.2) is 8.42 Å². The number of hydrogen-bond acceptors (Lipinski definition) is 8. The Morgan fingerprint density at radius 1 is 1.27 bits per heavy atom. The summed E-state index contributed by atoms with van der Waals surface area (Å²) in [5.74, 6) is 0.149. The smallest absolute Gasteiger partial charge is 0.183 e. The topological polar surface area (TPSA) is 111 Å². The molecule has 0 bridgehead atoms. The molecule has 1 aromatic heterocycles. The Labute approximate surface area is 152 Å². The molecule has 0 spiro atoms. The summed E-state index contributed by atoms with van der Waals surface area (Å²) in [6, 6.07) is 1.75. The van der Waals surface area contributed by atoms with Gasteiger partial charge in [-0.3, -0.25) is 4.79 Å². The second kappa shape index (κ2) is 7.03. The van der Waals surface area contributed by atoms with Crippen molar-refractivity contribution in [3.8, 4) is 0 Å². The van der Waals surface area contributed by atoms with Gasteiger partial charge in [0.2, 0.25) is 0 Å². The van der Waals surface area contributed by atoms with Gasteiger partial charge in [0.05, 0.1) is 16.7 Å². The maximum atomic E-state index is 12.9. The number of Topliss-reactive ketones (excluding diaryl/α,β-unsaturated/α-hetero) is 1. The van der Waals surface area contributed by atoms with Crippen LogP contribution in [0, 0.1) is 6.92 Å². The molecular weight excluding hydrogens is 358 g/mol. The second-order valence-corrected chi connectivity index (χ2v) is 9.97. The maximum absolute atomic E-state index is 12.9. The van der Waals surface area contributed by atoms with E-state index in [9.17, 15) is 13.2 Å². The van der Waals surface area contributed by atoms with Gasteiger partial charge >= 0.3 is 0 Å². The number of aromatic nitrogens is 1. The lowest BCUT2D eigenvalue weighted by Crippen LogP contribution is -2.48. The van der Waals surface area contributed by atoms with E-state index in [-0.39, 0.29) is 12.2 Å². The van der Waals surface area contributed by atoms with E-state index in [1.807, 2.05) is 0 Å². The standard InChI is InChI=1S/C17H23N3O5S/c1-11-8-15(25-20-11)14-9-12(18-19-14)10-16(21)17(2,3)26(22,23)13-4-6-24-7-5-13/h8,13H,4-7,9-10H2,1-3H3. The van der Waals surface area contributed by atoms with Crippen LogP contribution in [-0.4, -0.2) is 54.0 Å². The van der Waals surface area contributed by atoms with E-state index >= 15 is 0 Å². The van der Waals surface area contributed by atoms with Crippen LogP contribution in [0.3, 0.4) is 0 Å². The van der Waals surface area contributed by atoms with E-state index in [2.05, 4.69) is 15.4 Å². The molecule has 0 N–H and O–H groups in total. The zero-order valence-corrected chi connectivity index (χ0v) is 16.0. The summed E-state index contributed by atoms with van der Waals surface area (Å²) in [6.07, 6.45) is 1.17. The van der Waals surface area contributed by atoms with Crippen molar-refractivity contribution in [1.29, 1.82) is 0 Å². The number of sulfone groups is 1. The molecule has 2 aliphatic heterocycles. The predicted molar refractivity (Wildman–Crippen MR) is 96.3 cm³/mol. The molecule has 0 unspecified atom stereocenters. The van der Waals surface area contributed by atoms with E-state index < -0.39 is 19.8 Å². The van der Waals surface area contributed by atoms with Crippen molar-refractivity contribution in [3.05, 3.63) is 17.5 Å². The van der Waals surface area contributed by atoms with Crippen LogP contribution in [0.1, 0.15) is 51.0 Å². The number of carbonyl (C=O) groups excluding carboxylic acids is 1. The third-order valence-corrected chi connectivity index (χ3v) is 7.95. The number of hydrogen-bond donors (Lipinski definition) is 0. The molecular formula is C17H23N3O5S. The molecule has 8 nitrogen and oxygen atoms in total. The van der Waals surface area contributed by atoms with E-state index in [1.165, 1.54) is 13.8 Å². The van der Waals surface area contributed by atoms with E-state index in [0.717, 1.165) is 5.69 Å². The highest BCUT2D eigenvalue weighted by molar-refractivity contribution is 7.94. The number of ketones is 1. The molecule has 1 saturated heterocycles. The zero-order valence-electron chi connectivity index (χ0n) is 15.2. The normalized spacial score (nSPS) is 19.3. The Morgan fingerprint density at radius 2 is 1.96 bits per heavy atom. The molecule has 142 valence electrons. The van der Waals surface area contributed by atoms with Crippen LogP contribution < -0.4 is 0 Å². The van der Waals surface area contributed by atoms with Crippen LogP contribution in [0.25, 0.3) is 0 Å². The number of carbonyl (C=O) groups is 1. The lowest BCUT2D eigenvalue weighted by atomic mass is 9.99. The molecule has 2 aliphatic rings. The van der Waals surface area contributed by atoms with Crippen molar-refractivity contribution < 1.29 is 22.5 Å². The molecule has 3 rings (SSSR count). The van der Waals surface area contributed by atoms with Gasteiger partial charge in [-0.05, 0) is 33.6 Å². The van der Waals surface area contributed by atoms with Crippen molar-refractivity contribution in [3.63, 3.8) is 0 Å². The summed E-state index contributed by atoms with van der Waals surface area (Å²) in [7, 11) is -3.62. The highest BCUT2D eigenvalue weighted by Gasteiger charge is 2.46. The van der Waals surface area contributed by atoms with Crippen LogP contribution in [0.2, 0.25) is 0 Å². The Kier molecular flexibility index (Phi) is 5.12. The number of rotatable bonds is 6. The Morgan fingerprint density at radius 3 is 2.58 bits per heavy atom. The fraction of sp³-hybridized carbons (Fsp3) is 0.647. The molecule has 1 aromatic rings. The van der Waals surface area contributed by atoms with E-state index in [4.69, 9.17) is 9.26 Å². The third kappa shape index (κ3) is 3.50. The molecule has 0 radical (unpaired) electrons. The van der Waals surface area contributed by atoms with Gasteiger partial charge in [0.1, 0.15) is 10.5 Å². The van der Waals surface area contributed by atoms with Crippen LogP contribution >= 0.6 is 0 Å². The fourth-order valence-corrected chi connectivity index (χ4v) is 5.12. The molecule has 9 heteroatoms. The SMILES string of the molecule is Cc1cc(C2=NN=C(CC(=O)C(C)(C)S(=O)(=O)C3CCOCC3)C2)on1. The van der Waals surface area contributed by atoms with Gasteiger partial charge < -0.3 is 9.26 Å². The molecule has 0 saturated carbocycles. The highest BCUT2D eigenvalue weighted by Crippen LogP contribution is 2.30. The average molecular weight is 381 g/mol. The summed E-state index contributed by atoms with van der Waals surface area (Å²) in [5.41, 5.74) is 1.86. The summed E-state index contributed by atoms with van der Waals surface area (Å²) < 4.78 is 34.8. The van der Waals surface area contributed by atoms with Crippen LogP contribution in [0.5, 0.6) is 0 Å². The molecule has 0 aliphatic carbocycles. The van der Waals surface area contributed by atoms with E-state index in [0.29, 0.717) is 49.7 Å². The predicted octanol–water partition coefficient (Wildman–Crippen LogP) is 1.86. The minimum absolute atomic E-state index is 0.0461. The number of aryl methyl sites for hydroxylation is 1. The van der Waals surface area contributed by atoms with Crippen molar-refractivity contribution in [1.82, 2.24) is 5.16 Å². The van der Waals surface area contributed by atoms with Crippen LogP contribution in [0.15, 0.2) is 20.8 Å². The Bertz CT molecular complexity index is 861. The first kappa shape index (κ1) is 18.9. The van der Waals surface area contributed by atoms with Gasteiger partial charge in [-0.1, -0.05) is 5.16 Å². The maximum Gasteiger partial charge on any atom is 0.183 e.